The van der Waals surface area contributed by atoms with Crippen LogP contribution < -0.4 is 4.72 Å². The molecule has 0 spiro atoms. The fraction of sp³-hybridized carbons (Fsp3) is 0.500. The Hall–Kier alpha value is -1.40. The molecule has 0 radical (unpaired) electrons. The Bertz CT molecular complexity index is 513. The molecule has 5 nitrogen and oxygen atoms in total. The summed E-state index contributed by atoms with van der Waals surface area (Å²) in [7, 11) is -3.33. The average molecular weight is 299 g/mol. The van der Waals surface area contributed by atoms with Crippen LogP contribution in [-0.2, 0) is 21.2 Å². The molecule has 0 amide bonds. The van der Waals surface area contributed by atoms with Gasteiger partial charge in [-0.3, -0.25) is 4.79 Å². The summed E-state index contributed by atoms with van der Waals surface area (Å²) < 4.78 is 26.3. The second-order valence-corrected chi connectivity index (χ2v) is 6.73. The van der Waals surface area contributed by atoms with Gasteiger partial charge >= 0.3 is 5.97 Å². The first-order valence-corrected chi connectivity index (χ1v) is 8.30. The van der Waals surface area contributed by atoms with Crippen molar-refractivity contribution in [3.63, 3.8) is 0 Å². The summed E-state index contributed by atoms with van der Waals surface area (Å²) >= 11 is 0. The fourth-order valence-corrected chi connectivity index (χ4v) is 3.23. The molecule has 0 saturated heterocycles. The molecule has 0 heterocycles. The summed E-state index contributed by atoms with van der Waals surface area (Å²) in [5.41, 5.74) is 0.983. The molecule has 1 unspecified atom stereocenters. The van der Waals surface area contributed by atoms with E-state index in [1.54, 1.807) is 6.92 Å². The first-order chi connectivity index (χ1) is 9.39. The molecule has 20 heavy (non-hydrogen) atoms. The van der Waals surface area contributed by atoms with Crippen molar-refractivity contribution in [2.45, 2.75) is 38.6 Å². The van der Waals surface area contributed by atoms with Gasteiger partial charge in [-0.1, -0.05) is 30.3 Å². The van der Waals surface area contributed by atoms with Crippen molar-refractivity contribution in [3.8, 4) is 0 Å². The Morgan fingerprint density at radius 2 is 1.95 bits per heavy atom. The van der Waals surface area contributed by atoms with Gasteiger partial charge in [0.2, 0.25) is 10.0 Å². The van der Waals surface area contributed by atoms with E-state index in [4.69, 9.17) is 5.11 Å². The molecule has 2 N–H and O–H groups in total. The standard InChI is InChI=1S/C14H21NO4S/c1-12(6-5-9-14(16)17)15-20(18,19)11-10-13-7-3-2-4-8-13/h2-4,7-8,12,15H,5-6,9-11H2,1H3,(H,16,17). The van der Waals surface area contributed by atoms with Gasteiger partial charge in [0.1, 0.15) is 0 Å². The number of aryl methyl sites for hydroxylation is 1. The molecule has 0 aliphatic rings. The lowest BCUT2D eigenvalue weighted by Crippen LogP contribution is -2.35. The van der Waals surface area contributed by atoms with Crippen molar-refractivity contribution >= 4 is 16.0 Å². The lowest BCUT2D eigenvalue weighted by molar-refractivity contribution is -0.137. The third-order valence-corrected chi connectivity index (χ3v) is 4.41. The highest BCUT2D eigenvalue weighted by Gasteiger charge is 2.14. The third kappa shape index (κ3) is 7.25. The van der Waals surface area contributed by atoms with E-state index < -0.39 is 16.0 Å². The van der Waals surface area contributed by atoms with E-state index in [0.29, 0.717) is 19.3 Å². The maximum absolute atomic E-state index is 11.9. The molecular weight excluding hydrogens is 278 g/mol. The second kappa shape index (κ2) is 8.01. The number of aliphatic carboxylic acids is 1. The second-order valence-electron chi connectivity index (χ2n) is 4.86. The molecule has 0 saturated carbocycles. The van der Waals surface area contributed by atoms with Crippen molar-refractivity contribution < 1.29 is 18.3 Å². The quantitative estimate of drug-likeness (QED) is 0.728. The van der Waals surface area contributed by atoms with Crippen molar-refractivity contribution in [3.05, 3.63) is 35.9 Å². The summed E-state index contributed by atoms with van der Waals surface area (Å²) in [5, 5.41) is 8.53. The number of hydrogen-bond donors (Lipinski definition) is 2. The molecule has 1 rings (SSSR count). The average Bonchev–Trinajstić information content (AvgIpc) is 2.37. The number of carboxylic acid groups (broad SMARTS) is 1. The first kappa shape index (κ1) is 16.7. The largest absolute Gasteiger partial charge is 0.481 e. The maximum atomic E-state index is 11.9. The number of benzene rings is 1. The van der Waals surface area contributed by atoms with Gasteiger partial charge in [0.05, 0.1) is 5.75 Å². The van der Waals surface area contributed by atoms with E-state index in [0.717, 1.165) is 5.56 Å². The Balaban J connectivity index is 2.35. The molecule has 0 aliphatic heterocycles. The zero-order valence-electron chi connectivity index (χ0n) is 11.6. The topological polar surface area (TPSA) is 83.5 Å². The molecule has 1 aromatic carbocycles. The van der Waals surface area contributed by atoms with E-state index in [-0.39, 0.29) is 18.2 Å². The van der Waals surface area contributed by atoms with Gasteiger partial charge in [-0.2, -0.15) is 0 Å². The highest BCUT2D eigenvalue weighted by molar-refractivity contribution is 7.89. The zero-order valence-corrected chi connectivity index (χ0v) is 12.4. The zero-order chi connectivity index (χ0) is 15.0. The predicted molar refractivity (Wildman–Crippen MR) is 78.0 cm³/mol. The molecule has 112 valence electrons. The summed E-state index contributed by atoms with van der Waals surface area (Å²) in [4.78, 5) is 10.4. The van der Waals surface area contributed by atoms with Crippen molar-refractivity contribution in [2.24, 2.45) is 0 Å². The van der Waals surface area contributed by atoms with E-state index in [2.05, 4.69) is 4.72 Å². The number of carbonyl (C=O) groups is 1. The third-order valence-electron chi connectivity index (χ3n) is 2.91. The highest BCUT2D eigenvalue weighted by Crippen LogP contribution is 2.05. The first-order valence-electron chi connectivity index (χ1n) is 6.65. The smallest absolute Gasteiger partial charge is 0.303 e. The molecule has 1 aromatic rings. The van der Waals surface area contributed by atoms with Crippen LogP contribution in [0.3, 0.4) is 0 Å². The highest BCUT2D eigenvalue weighted by atomic mass is 32.2. The van der Waals surface area contributed by atoms with Crippen LogP contribution in [0.1, 0.15) is 31.7 Å². The predicted octanol–water partition coefficient (Wildman–Crippen LogP) is 1.79. The summed E-state index contributed by atoms with van der Waals surface area (Å²) in [6, 6.07) is 9.20. The molecule has 0 bridgehead atoms. The van der Waals surface area contributed by atoms with Gasteiger partial charge in [0.25, 0.3) is 0 Å². The number of sulfonamides is 1. The van der Waals surface area contributed by atoms with Crippen LogP contribution in [0, 0.1) is 0 Å². The van der Waals surface area contributed by atoms with Crippen LogP contribution in [0.2, 0.25) is 0 Å². The Kier molecular flexibility index (Phi) is 6.67. The molecule has 6 heteroatoms. The van der Waals surface area contributed by atoms with Crippen LogP contribution in [0.15, 0.2) is 30.3 Å². The summed E-state index contributed by atoms with van der Waals surface area (Å²) in [6.45, 7) is 1.75. The monoisotopic (exact) mass is 299 g/mol. The number of carboxylic acids is 1. The minimum atomic E-state index is -3.33. The van der Waals surface area contributed by atoms with Crippen LogP contribution in [-0.4, -0.2) is 31.3 Å². The van der Waals surface area contributed by atoms with Crippen LogP contribution in [0.5, 0.6) is 0 Å². The van der Waals surface area contributed by atoms with Gasteiger partial charge in [-0.15, -0.1) is 0 Å². The molecular formula is C14H21NO4S. The molecule has 0 aliphatic carbocycles. The minimum absolute atomic E-state index is 0.0419. The van der Waals surface area contributed by atoms with Crippen LogP contribution >= 0.6 is 0 Å². The lowest BCUT2D eigenvalue weighted by Gasteiger charge is -2.13. The van der Waals surface area contributed by atoms with Gasteiger partial charge in [0.15, 0.2) is 0 Å². The van der Waals surface area contributed by atoms with E-state index in [9.17, 15) is 13.2 Å². The summed E-state index contributed by atoms with van der Waals surface area (Å²) in [5.74, 6) is -0.815. The van der Waals surface area contributed by atoms with E-state index in [1.165, 1.54) is 0 Å². The van der Waals surface area contributed by atoms with Crippen molar-refractivity contribution in [1.82, 2.24) is 4.72 Å². The van der Waals surface area contributed by atoms with Crippen LogP contribution in [0.4, 0.5) is 0 Å². The molecule has 1 atom stereocenters. The maximum Gasteiger partial charge on any atom is 0.303 e. The Morgan fingerprint density at radius 3 is 2.55 bits per heavy atom. The normalized spacial score (nSPS) is 13.1. The summed E-state index contributed by atoms with van der Waals surface area (Å²) in [6.07, 6.45) is 1.53. The van der Waals surface area contributed by atoms with Gasteiger partial charge in [-0.25, -0.2) is 13.1 Å². The molecule has 0 aromatic heterocycles. The fourth-order valence-electron chi connectivity index (χ4n) is 1.88. The Morgan fingerprint density at radius 1 is 1.30 bits per heavy atom. The number of hydrogen-bond acceptors (Lipinski definition) is 3. The molecule has 0 fully saturated rings. The van der Waals surface area contributed by atoms with E-state index in [1.807, 2.05) is 30.3 Å². The van der Waals surface area contributed by atoms with Crippen LogP contribution in [0.25, 0.3) is 0 Å². The number of rotatable bonds is 9. The van der Waals surface area contributed by atoms with Crippen molar-refractivity contribution in [2.75, 3.05) is 5.75 Å². The number of nitrogens with one attached hydrogen (secondary N) is 1. The van der Waals surface area contributed by atoms with Gasteiger partial charge in [-0.05, 0) is 31.7 Å². The minimum Gasteiger partial charge on any atom is -0.481 e. The lowest BCUT2D eigenvalue weighted by atomic mass is 10.1. The van der Waals surface area contributed by atoms with Gasteiger partial charge in [0, 0.05) is 12.5 Å². The Labute approximate surface area is 120 Å². The SMILES string of the molecule is CC(CCCC(=O)O)NS(=O)(=O)CCc1ccccc1. The van der Waals surface area contributed by atoms with Gasteiger partial charge < -0.3 is 5.11 Å². The van der Waals surface area contributed by atoms with Crippen molar-refractivity contribution in [1.29, 1.82) is 0 Å². The van der Waals surface area contributed by atoms with E-state index >= 15 is 0 Å².